The summed E-state index contributed by atoms with van der Waals surface area (Å²) in [6.45, 7) is 8.47. The first-order valence-corrected chi connectivity index (χ1v) is 7.80. The van der Waals surface area contributed by atoms with Crippen LogP contribution in [0.3, 0.4) is 0 Å². The van der Waals surface area contributed by atoms with Crippen molar-refractivity contribution in [1.82, 2.24) is 15.5 Å². The van der Waals surface area contributed by atoms with Gasteiger partial charge in [0.2, 0.25) is 0 Å². The van der Waals surface area contributed by atoms with E-state index in [1.54, 1.807) is 6.07 Å². The van der Waals surface area contributed by atoms with Crippen molar-refractivity contribution in [2.45, 2.75) is 32.7 Å². The second-order valence-electron chi connectivity index (χ2n) is 6.17. The summed E-state index contributed by atoms with van der Waals surface area (Å²) in [7, 11) is 4.10. The van der Waals surface area contributed by atoms with Crippen molar-refractivity contribution in [1.29, 1.82) is 0 Å². The van der Waals surface area contributed by atoms with Crippen LogP contribution < -0.4 is 10.6 Å². The average Bonchev–Trinajstić information content (AvgIpc) is 2.46. The topological polar surface area (TPSA) is 39.7 Å². The summed E-state index contributed by atoms with van der Waals surface area (Å²) < 4.78 is 13.6. The maximum absolute atomic E-state index is 13.6. The Morgan fingerprint density at radius 2 is 1.91 bits per heavy atom. The first-order valence-electron chi connectivity index (χ1n) is 7.80. The van der Waals surface area contributed by atoms with E-state index >= 15 is 0 Å². The normalized spacial score (nSPS) is 12.6. The van der Waals surface area contributed by atoms with Crippen LogP contribution >= 0.6 is 0 Å². The molecule has 22 heavy (non-hydrogen) atoms. The lowest BCUT2D eigenvalue weighted by atomic mass is 10.1. The Morgan fingerprint density at radius 1 is 1.23 bits per heavy atom. The van der Waals surface area contributed by atoms with Gasteiger partial charge in [-0.3, -0.25) is 4.99 Å². The Balaban J connectivity index is 2.56. The summed E-state index contributed by atoms with van der Waals surface area (Å²) in [6.07, 6.45) is 0.633. The lowest BCUT2D eigenvalue weighted by Gasteiger charge is -2.31. The molecule has 0 saturated heterocycles. The molecule has 0 aliphatic heterocycles. The smallest absolute Gasteiger partial charge is 0.191 e. The number of guanidine groups is 1. The van der Waals surface area contributed by atoms with E-state index in [-0.39, 0.29) is 11.4 Å². The number of hydrogen-bond acceptors (Lipinski definition) is 2. The van der Waals surface area contributed by atoms with Crippen molar-refractivity contribution in [3.05, 3.63) is 35.6 Å². The van der Waals surface area contributed by atoms with E-state index in [1.165, 1.54) is 6.07 Å². The molecular formula is C17H29FN4. The molecule has 124 valence electrons. The Bertz CT molecular complexity index is 483. The molecule has 1 aromatic carbocycles. The lowest BCUT2D eigenvalue weighted by molar-refractivity contribution is 0.204. The van der Waals surface area contributed by atoms with E-state index in [0.29, 0.717) is 19.5 Å². The van der Waals surface area contributed by atoms with E-state index < -0.39 is 0 Å². The van der Waals surface area contributed by atoms with E-state index in [4.69, 9.17) is 0 Å². The van der Waals surface area contributed by atoms with Crippen molar-refractivity contribution >= 4 is 5.96 Å². The molecule has 0 spiro atoms. The zero-order valence-corrected chi connectivity index (χ0v) is 14.4. The van der Waals surface area contributed by atoms with Crippen molar-refractivity contribution in [2.24, 2.45) is 4.99 Å². The maximum Gasteiger partial charge on any atom is 0.191 e. The number of aliphatic imine (C=N–C) groups is 1. The molecule has 0 atom stereocenters. The molecule has 0 aromatic heterocycles. The number of nitrogens with one attached hydrogen (secondary N) is 2. The number of nitrogens with zero attached hydrogens (tertiary/aromatic N) is 2. The standard InChI is InChI=1S/C17H29FN4/c1-6-19-16(21-13-17(2,3)22(4)5)20-12-11-14-9-7-8-10-15(14)18/h7-10H,6,11-13H2,1-5H3,(H2,19,20,21). The van der Waals surface area contributed by atoms with Crippen LogP contribution in [0.1, 0.15) is 26.3 Å². The highest BCUT2D eigenvalue weighted by Gasteiger charge is 2.19. The van der Waals surface area contributed by atoms with Crippen molar-refractivity contribution in [3.63, 3.8) is 0 Å². The van der Waals surface area contributed by atoms with Crippen molar-refractivity contribution in [3.8, 4) is 0 Å². The van der Waals surface area contributed by atoms with Gasteiger partial charge in [-0.15, -0.1) is 0 Å². The summed E-state index contributed by atoms with van der Waals surface area (Å²) in [5.74, 6) is 0.619. The average molecular weight is 308 g/mol. The fourth-order valence-corrected chi connectivity index (χ4v) is 1.77. The molecule has 0 unspecified atom stereocenters. The Labute approximate surface area is 133 Å². The highest BCUT2D eigenvalue weighted by atomic mass is 19.1. The van der Waals surface area contributed by atoms with Crippen LogP contribution in [-0.2, 0) is 6.42 Å². The second kappa shape index (κ2) is 8.73. The zero-order chi connectivity index (χ0) is 16.6. The molecule has 0 heterocycles. The highest BCUT2D eigenvalue weighted by molar-refractivity contribution is 5.79. The van der Waals surface area contributed by atoms with Gasteiger partial charge in [0.1, 0.15) is 5.82 Å². The molecule has 0 saturated carbocycles. The zero-order valence-electron chi connectivity index (χ0n) is 14.4. The van der Waals surface area contributed by atoms with Crippen molar-refractivity contribution in [2.75, 3.05) is 33.7 Å². The number of benzene rings is 1. The number of likely N-dealkylation sites (N-methyl/N-ethyl adjacent to an activating group) is 1. The first kappa shape index (κ1) is 18.4. The quantitative estimate of drug-likeness (QED) is 0.599. The van der Waals surface area contributed by atoms with Crippen LogP contribution in [0.25, 0.3) is 0 Å². The summed E-state index contributed by atoms with van der Waals surface area (Å²) in [5, 5.41) is 6.48. The minimum Gasteiger partial charge on any atom is -0.357 e. The molecule has 2 N–H and O–H groups in total. The van der Waals surface area contributed by atoms with E-state index in [2.05, 4.69) is 34.4 Å². The van der Waals surface area contributed by atoms with Gasteiger partial charge in [0, 0.05) is 18.6 Å². The molecule has 1 rings (SSSR count). The molecule has 0 aliphatic rings. The SMILES string of the molecule is CCNC(=NCC(C)(C)N(C)C)NCCc1ccccc1F. The number of halogens is 1. The third-order valence-corrected chi connectivity index (χ3v) is 3.82. The Morgan fingerprint density at radius 3 is 2.50 bits per heavy atom. The molecule has 0 radical (unpaired) electrons. The molecule has 0 aliphatic carbocycles. The van der Waals surface area contributed by atoms with Gasteiger partial charge < -0.3 is 15.5 Å². The van der Waals surface area contributed by atoms with Crippen LogP contribution in [0.15, 0.2) is 29.3 Å². The molecule has 0 fully saturated rings. The number of hydrogen-bond donors (Lipinski definition) is 2. The van der Waals surface area contributed by atoms with E-state index in [9.17, 15) is 4.39 Å². The molecule has 5 heteroatoms. The van der Waals surface area contributed by atoms with Crippen LogP contribution in [0.2, 0.25) is 0 Å². The fourth-order valence-electron chi connectivity index (χ4n) is 1.77. The second-order valence-corrected chi connectivity index (χ2v) is 6.17. The van der Waals surface area contributed by atoms with Gasteiger partial charge in [-0.25, -0.2) is 4.39 Å². The summed E-state index contributed by atoms with van der Waals surface area (Å²) in [4.78, 5) is 6.77. The Kier molecular flexibility index (Phi) is 7.32. The predicted molar refractivity (Wildman–Crippen MR) is 91.9 cm³/mol. The van der Waals surface area contributed by atoms with Crippen LogP contribution in [0.5, 0.6) is 0 Å². The van der Waals surface area contributed by atoms with Gasteiger partial charge >= 0.3 is 0 Å². The minimum atomic E-state index is -0.153. The molecule has 4 nitrogen and oxygen atoms in total. The molecule has 1 aromatic rings. The summed E-state index contributed by atoms with van der Waals surface area (Å²) >= 11 is 0. The van der Waals surface area contributed by atoms with Crippen LogP contribution in [-0.4, -0.2) is 50.1 Å². The maximum atomic E-state index is 13.6. The third-order valence-electron chi connectivity index (χ3n) is 3.82. The van der Waals surface area contributed by atoms with Crippen LogP contribution in [0, 0.1) is 5.82 Å². The number of rotatable bonds is 7. The minimum absolute atomic E-state index is 0.00606. The summed E-state index contributed by atoms with van der Waals surface area (Å²) in [6, 6.07) is 6.88. The van der Waals surface area contributed by atoms with Gasteiger partial charge in [0.15, 0.2) is 5.96 Å². The molecule has 0 bridgehead atoms. The van der Waals surface area contributed by atoms with E-state index in [0.717, 1.165) is 18.1 Å². The monoisotopic (exact) mass is 308 g/mol. The predicted octanol–water partition coefficient (Wildman–Crippen LogP) is 2.26. The summed E-state index contributed by atoms with van der Waals surface area (Å²) in [5.41, 5.74) is 0.716. The molecular weight excluding hydrogens is 279 g/mol. The van der Waals surface area contributed by atoms with Crippen molar-refractivity contribution < 1.29 is 4.39 Å². The van der Waals surface area contributed by atoms with Gasteiger partial charge in [0.05, 0.1) is 6.54 Å². The fraction of sp³-hybridized carbons (Fsp3) is 0.588. The van der Waals surface area contributed by atoms with Gasteiger partial charge in [0.25, 0.3) is 0 Å². The van der Waals surface area contributed by atoms with Crippen LogP contribution in [0.4, 0.5) is 4.39 Å². The van der Waals surface area contributed by atoms with E-state index in [1.807, 2.05) is 33.2 Å². The Hall–Kier alpha value is -1.62. The van der Waals surface area contributed by atoms with Gasteiger partial charge in [-0.2, -0.15) is 0 Å². The first-order chi connectivity index (χ1) is 10.4. The highest BCUT2D eigenvalue weighted by Crippen LogP contribution is 2.10. The van der Waals surface area contributed by atoms with Gasteiger partial charge in [-0.1, -0.05) is 18.2 Å². The lowest BCUT2D eigenvalue weighted by Crippen LogP contribution is -2.44. The largest absolute Gasteiger partial charge is 0.357 e. The van der Waals surface area contributed by atoms with Gasteiger partial charge in [-0.05, 0) is 52.9 Å². The third kappa shape index (κ3) is 6.02. The molecule has 0 amide bonds.